The van der Waals surface area contributed by atoms with Crippen molar-refractivity contribution in [1.82, 2.24) is 0 Å². The number of halogens is 3. The lowest BCUT2D eigenvalue weighted by molar-refractivity contribution is 0.102. The number of carbonyl (C=O) groups is 1. The molecular weight excluding hydrogens is 460 g/mol. The molecule has 0 spiro atoms. The predicted molar refractivity (Wildman–Crippen MR) is 106 cm³/mol. The van der Waals surface area contributed by atoms with E-state index in [1.54, 1.807) is 31.2 Å². The zero-order chi connectivity index (χ0) is 17.3. The molecule has 6 heteroatoms. The lowest BCUT2D eigenvalue weighted by Crippen LogP contribution is -2.11. The molecule has 1 amide bonds. The highest BCUT2D eigenvalue weighted by molar-refractivity contribution is 14.1. The normalized spacial score (nSPS) is 10.7. The maximum Gasteiger partial charge on any atom is 0.259 e. The van der Waals surface area contributed by atoms with Crippen molar-refractivity contribution >= 4 is 57.4 Å². The van der Waals surface area contributed by atoms with Crippen LogP contribution in [0.15, 0.2) is 52.9 Å². The molecule has 3 rings (SSSR count). The molecule has 0 saturated heterocycles. The maximum absolute atomic E-state index is 12.5. The molecule has 3 nitrogen and oxygen atoms in total. The number of aryl methyl sites for hydroxylation is 1. The highest BCUT2D eigenvalue weighted by Gasteiger charge is 2.16. The predicted octanol–water partition coefficient (Wildman–Crippen LogP) is 6.42. The number of benzene rings is 2. The van der Waals surface area contributed by atoms with Crippen LogP contribution in [0.2, 0.25) is 10.0 Å². The molecule has 0 aliphatic heterocycles. The van der Waals surface area contributed by atoms with E-state index in [0.29, 0.717) is 27.1 Å². The van der Waals surface area contributed by atoms with Crippen molar-refractivity contribution in [3.63, 3.8) is 0 Å². The average Bonchev–Trinajstić information content (AvgIpc) is 2.94. The molecule has 24 heavy (non-hydrogen) atoms. The zero-order valence-corrected chi connectivity index (χ0v) is 16.2. The number of nitrogens with one attached hydrogen (secondary N) is 1. The van der Waals surface area contributed by atoms with Gasteiger partial charge < -0.3 is 9.73 Å². The first-order valence-corrected chi connectivity index (χ1v) is 8.90. The molecule has 122 valence electrons. The number of furan rings is 1. The van der Waals surface area contributed by atoms with Crippen LogP contribution >= 0.6 is 45.8 Å². The van der Waals surface area contributed by atoms with Gasteiger partial charge in [0.2, 0.25) is 0 Å². The number of amides is 1. The number of anilines is 1. The van der Waals surface area contributed by atoms with Gasteiger partial charge in [0.25, 0.3) is 5.91 Å². The zero-order valence-electron chi connectivity index (χ0n) is 12.6. The molecule has 0 aliphatic carbocycles. The Morgan fingerprint density at radius 3 is 2.42 bits per heavy atom. The van der Waals surface area contributed by atoms with E-state index in [1.165, 1.54) is 0 Å². The molecule has 0 unspecified atom stereocenters. The summed E-state index contributed by atoms with van der Waals surface area (Å²) in [6.07, 6.45) is 0. The Kier molecular flexibility index (Phi) is 5.18. The van der Waals surface area contributed by atoms with Crippen molar-refractivity contribution < 1.29 is 9.21 Å². The Morgan fingerprint density at radius 2 is 1.75 bits per heavy atom. The minimum atomic E-state index is -0.219. The third kappa shape index (κ3) is 3.77. The van der Waals surface area contributed by atoms with Crippen molar-refractivity contribution in [2.75, 3.05) is 5.32 Å². The fourth-order valence-electron chi connectivity index (χ4n) is 2.23. The van der Waals surface area contributed by atoms with Crippen LogP contribution in [0.5, 0.6) is 0 Å². The molecule has 1 heterocycles. The van der Waals surface area contributed by atoms with Gasteiger partial charge in [-0.3, -0.25) is 4.79 Å². The standard InChI is InChI=1S/C18H12Cl2INO2/c1-10-14(18(23)22-13-5-3-12(21)4-6-13)9-17(24-10)11-2-7-15(19)16(20)8-11/h2-9H,1H3,(H,22,23). The molecular formula is C18H12Cl2INO2. The summed E-state index contributed by atoms with van der Waals surface area (Å²) >= 11 is 14.2. The molecule has 1 N–H and O–H groups in total. The van der Waals surface area contributed by atoms with Gasteiger partial charge in [-0.1, -0.05) is 23.2 Å². The molecule has 0 atom stereocenters. The van der Waals surface area contributed by atoms with E-state index in [1.807, 2.05) is 24.3 Å². The summed E-state index contributed by atoms with van der Waals surface area (Å²) < 4.78 is 6.81. The van der Waals surface area contributed by atoms with Gasteiger partial charge >= 0.3 is 0 Å². The highest BCUT2D eigenvalue weighted by Crippen LogP contribution is 2.31. The topological polar surface area (TPSA) is 42.2 Å². The third-order valence-electron chi connectivity index (χ3n) is 3.47. The van der Waals surface area contributed by atoms with E-state index in [-0.39, 0.29) is 5.91 Å². The molecule has 0 fully saturated rings. The van der Waals surface area contributed by atoms with Crippen molar-refractivity contribution in [2.24, 2.45) is 0 Å². The minimum absolute atomic E-state index is 0.219. The van der Waals surface area contributed by atoms with Crippen molar-refractivity contribution in [3.8, 4) is 11.3 Å². The molecule has 2 aromatic carbocycles. The van der Waals surface area contributed by atoms with E-state index >= 15 is 0 Å². The average molecular weight is 472 g/mol. The Labute approximate surface area is 163 Å². The van der Waals surface area contributed by atoms with E-state index in [0.717, 1.165) is 14.8 Å². The van der Waals surface area contributed by atoms with E-state index in [4.69, 9.17) is 27.6 Å². The summed E-state index contributed by atoms with van der Waals surface area (Å²) in [6.45, 7) is 1.75. The fraction of sp³-hybridized carbons (Fsp3) is 0.0556. The van der Waals surface area contributed by atoms with E-state index < -0.39 is 0 Å². The van der Waals surface area contributed by atoms with Crippen LogP contribution in [0.4, 0.5) is 5.69 Å². The summed E-state index contributed by atoms with van der Waals surface area (Å²) in [5.41, 5.74) is 1.98. The Hall–Kier alpha value is -1.50. The summed E-state index contributed by atoms with van der Waals surface area (Å²) in [5, 5.41) is 3.77. The van der Waals surface area contributed by atoms with Gasteiger partial charge in [0, 0.05) is 14.8 Å². The quantitative estimate of drug-likeness (QED) is 0.448. The molecule has 1 aromatic heterocycles. The van der Waals surface area contributed by atoms with Crippen molar-refractivity contribution in [1.29, 1.82) is 0 Å². The summed E-state index contributed by atoms with van der Waals surface area (Å²) in [5.74, 6) is 0.890. The van der Waals surface area contributed by atoms with Gasteiger partial charge in [0.1, 0.15) is 11.5 Å². The minimum Gasteiger partial charge on any atom is -0.461 e. The van der Waals surface area contributed by atoms with Crippen LogP contribution < -0.4 is 5.32 Å². The van der Waals surface area contributed by atoms with Gasteiger partial charge in [0.05, 0.1) is 15.6 Å². The summed E-state index contributed by atoms with van der Waals surface area (Å²) in [4.78, 5) is 12.5. The smallest absolute Gasteiger partial charge is 0.259 e. The van der Waals surface area contributed by atoms with Gasteiger partial charge in [-0.25, -0.2) is 0 Å². The highest BCUT2D eigenvalue weighted by atomic mass is 127. The Morgan fingerprint density at radius 1 is 1.04 bits per heavy atom. The lowest BCUT2D eigenvalue weighted by Gasteiger charge is -2.03. The van der Waals surface area contributed by atoms with Crippen LogP contribution in [0.1, 0.15) is 16.1 Å². The van der Waals surface area contributed by atoms with Crippen LogP contribution in [-0.4, -0.2) is 5.91 Å². The monoisotopic (exact) mass is 471 g/mol. The Balaban J connectivity index is 1.86. The van der Waals surface area contributed by atoms with E-state index in [9.17, 15) is 4.79 Å². The number of rotatable bonds is 3. The second kappa shape index (κ2) is 7.17. The molecule has 3 aromatic rings. The van der Waals surface area contributed by atoms with Crippen LogP contribution in [0.3, 0.4) is 0 Å². The first kappa shape index (κ1) is 17.3. The van der Waals surface area contributed by atoms with Gasteiger partial charge in [-0.2, -0.15) is 0 Å². The Bertz CT molecular complexity index is 904. The van der Waals surface area contributed by atoms with E-state index in [2.05, 4.69) is 27.9 Å². The van der Waals surface area contributed by atoms with Crippen LogP contribution in [-0.2, 0) is 0 Å². The number of hydrogen-bond acceptors (Lipinski definition) is 2. The SMILES string of the molecule is Cc1oc(-c2ccc(Cl)c(Cl)c2)cc1C(=O)Nc1ccc(I)cc1. The van der Waals surface area contributed by atoms with Gasteiger partial charge in [-0.05, 0) is 78.0 Å². The van der Waals surface area contributed by atoms with Crippen LogP contribution in [0.25, 0.3) is 11.3 Å². The maximum atomic E-state index is 12.5. The first-order valence-electron chi connectivity index (χ1n) is 7.07. The largest absolute Gasteiger partial charge is 0.461 e. The molecule has 0 bridgehead atoms. The third-order valence-corrected chi connectivity index (χ3v) is 4.93. The van der Waals surface area contributed by atoms with Crippen molar-refractivity contribution in [3.05, 3.63) is 73.5 Å². The summed E-state index contributed by atoms with van der Waals surface area (Å²) in [6, 6.07) is 14.5. The van der Waals surface area contributed by atoms with Gasteiger partial charge in [-0.15, -0.1) is 0 Å². The first-order chi connectivity index (χ1) is 11.4. The number of hydrogen-bond donors (Lipinski definition) is 1. The van der Waals surface area contributed by atoms with Crippen LogP contribution in [0, 0.1) is 10.5 Å². The lowest BCUT2D eigenvalue weighted by atomic mass is 10.1. The van der Waals surface area contributed by atoms with Gasteiger partial charge in [0.15, 0.2) is 0 Å². The molecule has 0 radical (unpaired) electrons. The molecule has 0 saturated carbocycles. The second-order valence-electron chi connectivity index (χ2n) is 5.17. The number of carbonyl (C=O) groups excluding carboxylic acids is 1. The van der Waals surface area contributed by atoms with Crippen molar-refractivity contribution in [2.45, 2.75) is 6.92 Å². The molecule has 0 aliphatic rings. The second-order valence-corrected chi connectivity index (χ2v) is 7.23. The fourth-order valence-corrected chi connectivity index (χ4v) is 2.89. The summed E-state index contributed by atoms with van der Waals surface area (Å²) in [7, 11) is 0.